The number of morpholine rings is 1. The Hall–Kier alpha value is -2.40. The Kier molecular flexibility index (Phi) is 6.23. The number of hydrogen-bond acceptors (Lipinski definition) is 3. The van der Waals surface area contributed by atoms with Crippen LogP contribution in [0.1, 0.15) is 17.5 Å². The van der Waals surface area contributed by atoms with Crippen molar-refractivity contribution in [3.8, 4) is 5.75 Å². The Bertz CT molecular complexity index is 750. The average Bonchev–Trinajstić information content (AvgIpc) is 2.66. The molecule has 0 bridgehead atoms. The Morgan fingerprint density at radius 2 is 2.04 bits per heavy atom. The monoisotopic (exact) mass is 357 g/mol. The molecule has 4 nitrogen and oxygen atoms in total. The highest BCUT2D eigenvalue weighted by atomic mass is 19.1. The number of carbonyl (C=O) groups is 1. The van der Waals surface area contributed by atoms with Gasteiger partial charge in [0, 0.05) is 25.9 Å². The predicted molar refractivity (Wildman–Crippen MR) is 97.7 cm³/mol. The first kappa shape index (κ1) is 18.4. The van der Waals surface area contributed by atoms with Crippen molar-refractivity contribution in [3.63, 3.8) is 0 Å². The van der Waals surface area contributed by atoms with Crippen molar-refractivity contribution >= 4 is 5.91 Å². The summed E-state index contributed by atoms with van der Waals surface area (Å²) in [5.74, 6) is 0.682. The number of benzene rings is 2. The number of rotatable bonds is 6. The lowest BCUT2D eigenvalue weighted by Gasteiger charge is -2.33. The van der Waals surface area contributed by atoms with E-state index in [1.165, 1.54) is 12.1 Å². The van der Waals surface area contributed by atoms with Crippen LogP contribution < -0.4 is 4.74 Å². The number of nitrogens with zero attached hydrogens (tertiary/aromatic N) is 1. The zero-order valence-corrected chi connectivity index (χ0v) is 15.0. The quantitative estimate of drug-likeness (QED) is 0.797. The van der Waals surface area contributed by atoms with E-state index in [0.717, 1.165) is 16.9 Å². The van der Waals surface area contributed by atoms with Crippen LogP contribution >= 0.6 is 0 Å². The van der Waals surface area contributed by atoms with Crippen LogP contribution in [0.2, 0.25) is 0 Å². The van der Waals surface area contributed by atoms with Gasteiger partial charge in [-0.1, -0.05) is 24.3 Å². The lowest BCUT2D eigenvalue weighted by Crippen LogP contribution is -2.46. The Morgan fingerprint density at radius 1 is 1.23 bits per heavy atom. The molecule has 1 saturated heterocycles. The molecule has 0 saturated carbocycles. The van der Waals surface area contributed by atoms with E-state index in [1.54, 1.807) is 13.2 Å². The van der Waals surface area contributed by atoms with E-state index in [2.05, 4.69) is 0 Å². The molecule has 1 amide bonds. The minimum absolute atomic E-state index is 0.0914. The summed E-state index contributed by atoms with van der Waals surface area (Å²) in [6.07, 6.45) is 1.66. The molecule has 1 aliphatic heterocycles. The zero-order valence-electron chi connectivity index (χ0n) is 15.0. The molecule has 1 unspecified atom stereocenters. The van der Waals surface area contributed by atoms with Gasteiger partial charge in [0.2, 0.25) is 5.91 Å². The van der Waals surface area contributed by atoms with Gasteiger partial charge in [0.05, 0.1) is 19.8 Å². The summed E-state index contributed by atoms with van der Waals surface area (Å²) in [4.78, 5) is 14.4. The lowest BCUT2D eigenvalue weighted by atomic mass is 10.1. The molecular formula is C21H24FNO3. The molecule has 26 heavy (non-hydrogen) atoms. The molecule has 2 aromatic carbocycles. The first-order chi connectivity index (χ1) is 12.6. The number of aryl methyl sites for hydroxylation is 1. The van der Waals surface area contributed by atoms with Crippen LogP contribution in [0.4, 0.5) is 4.39 Å². The molecule has 5 heteroatoms. The largest absolute Gasteiger partial charge is 0.497 e. The fraction of sp³-hybridized carbons (Fsp3) is 0.381. The van der Waals surface area contributed by atoms with E-state index >= 15 is 0 Å². The van der Waals surface area contributed by atoms with Gasteiger partial charge in [-0.05, 0) is 41.8 Å². The molecule has 0 spiro atoms. The summed E-state index contributed by atoms with van der Waals surface area (Å²) in [6.45, 7) is 1.68. The highest BCUT2D eigenvalue weighted by Crippen LogP contribution is 2.16. The molecule has 0 radical (unpaired) electrons. The first-order valence-electron chi connectivity index (χ1n) is 8.91. The molecule has 3 rings (SSSR count). The van der Waals surface area contributed by atoms with Gasteiger partial charge in [-0.3, -0.25) is 4.79 Å². The molecule has 0 aliphatic carbocycles. The molecule has 0 N–H and O–H groups in total. The Balaban J connectivity index is 1.52. The average molecular weight is 357 g/mol. The number of halogens is 1. The van der Waals surface area contributed by atoms with Crippen LogP contribution in [0.15, 0.2) is 48.5 Å². The highest BCUT2D eigenvalue weighted by molar-refractivity contribution is 5.76. The molecule has 1 aliphatic rings. The summed E-state index contributed by atoms with van der Waals surface area (Å²) in [5, 5.41) is 0. The van der Waals surface area contributed by atoms with Crippen molar-refractivity contribution in [2.75, 3.05) is 26.8 Å². The van der Waals surface area contributed by atoms with Gasteiger partial charge in [0.25, 0.3) is 0 Å². The Labute approximate surface area is 153 Å². The second-order valence-electron chi connectivity index (χ2n) is 6.52. The van der Waals surface area contributed by atoms with Gasteiger partial charge in [0.15, 0.2) is 0 Å². The van der Waals surface area contributed by atoms with Gasteiger partial charge < -0.3 is 14.4 Å². The fourth-order valence-electron chi connectivity index (χ4n) is 3.23. The maximum atomic E-state index is 13.3. The van der Waals surface area contributed by atoms with E-state index in [-0.39, 0.29) is 17.8 Å². The lowest BCUT2D eigenvalue weighted by molar-refractivity contribution is -0.138. The van der Waals surface area contributed by atoms with Crippen molar-refractivity contribution in [1.29, 1.82) is 0 Å². The minimum atomic E-state index is -0.246. The van der Waals surface area contributed by atoms with Gasteiger partial charge in [0.1, 0.15) is 11.6 Å². The van der Waals surface area contributed by atoms with E-state index in [0.29, 0.717) is 39.0 Å². The van der Waals surface area contributed by atoms with Crippen molar-refractivity contribution in [2.45, 2.75) is 25.4 Å². The molecule has 2 aromatic rings. The Morgan fingerprint density at radius 3 is 2.85 bits per heavy atom. The summed E-state index contributed by atoms with van der Waals surface area (Å²) >= 11 is 0. The standard InChI is InChI=1S/C21H24FNO3/c1-25-19-7-3-4-16(13-19)8-9-21(24)23-10-11-26-20(15-23)14-17-5-2-6-18(22)12-17/h2-7,12-13,20H,8-11,14-15H2,1H3. The third-order valence-corrected chi connectivity index (χ3v) is 4.61. The van der Waals surface area contributed by atoms with Crippen molar-refractivity contribution in [3.05, 3.63) is 65.5 Å². The van der Waals surface area contributed by atoms with Gasteiger partial charge in [-0.2, -0.15) is 0 Å². The molecule has 138 valence electrons. The highest BCUT2D eigenvalue weighted by Gasteiger charge is 2.24. The van der Waals surface area contributed by atoms with E-state index in [4.69, 9.17) is 9.47 Å². The van der Waals surface area contributed by atoms with Gasteiger partial charge in [-0.15, -0.1) is 0 Å². The number of hydrogen-bond donors (Lipinski definition) is 0. The van der Waals surface area contributed by atoms with Crippen LogP contribution in [0.5, 0.6) is 5.75 Å². The predicted octanol–water partition coefficient (Wildman–Crippen LogP) is 3.24. The van der Waals surface area contributed by atoms with Crippen molar-refractivity contribution < 1.29 is 18.7 Å². The SMILES string of the molecule is COc1cccc(CCC(=O)N2CCOC(Cc3cccc(F)c3)C2)c1. The number of methoxy groups -OCH3 is 1. The van der Waals surface area contributed by atoms with Crippen LogP contribution in [0, 0.1) is 5.82 Å². The number of carbonyl (C=O) groups excluding carboxylic acids is 1. The molecule has 1 heterocycles. The summed E-state index contributed by atoms with van der Waals surface area (Å²) < 4.78 is 24.3. The van der Waals surface area contributed by atoms with Crippen LogP contribution in [0.25, 0.3) is 0 Å². The van der Waals surface area contributed by atoms with Gasteiger partial charge >= 0.3 is 0 Å². The van der Waals surface area contributed by atoms with E-state index < -0.39 is 0 Å². The van der Waals surface area contributed by atoms with Crippen LogP contribution in [0.3, 0.4) is 0 Å². The van der Waals surface area contributed by atoms with Crippen LogP contribution in [-0.2, 0) is 22.4 Å². The third kappa shape index (κ3) is 5.05. The molecule has 1 atom stereocenters. The summed E-state index contributed by atoms with van der Waals surface area (Å²) in [6, 6.07) is 14.3. The van der Waals surface area contributed by atoms with Crippen LogP contribution in [-0.4, -0.2) is 43.7 Å². The fourth-order valence-corrected chi connectivity index (χ4v) is 3.23. The zero-order chi connectivity index (χ0) is 18.4. The van der Waals surface area contributed by atoms with Crippen molar-refractivity contribution in [2.24, 2.45) is 0 Å². The maximum Gasteiger partial charge on any atom is 0.223 e. The second kappa shape index (κ2) is 8.81. The third-order valence-electron chi connectivity index (χ3n) is 4.61. The van der Waals surface area contributed by atoms with Gasteiger partial charge in [-0.25, -0.2) is 4.39 Å². The molecule has 0 aromatic heterocycles. The van der Waals surface area contributed by atoms with E-state index in [9.17, 15) is 9.18 Å². The second-order valence-corrected chi connectivity index (χ2v) is 6.52. The summed E-state index contributed by atoms with van der Waals surface area (Å²) in [5.41, 5.74) is 1.97. The van der Waals surface area contributed by atoms with E-state index in [1.807, 2.05) is 35.2 Å². The minimum Gasteiger partial charge on any atom is -0.497 e. The maximum absolute atomic E-state index is 13.3. The number of amides is 1. The topological polar surface area (TPSA) is 38.8 Å². The summed E-state index contributed by atoms with van der Waals surface area (Å²) in [7, 11) is 1.64. The molecule has 1 fully saturated rings. The van der Waals surface area contributed by atoms with Crippen molar-refractivity contribution in [1.82, 2.24) is 4.90 Å². The smallest absolute Gasteiger partial charge is 0.223 e. The first-order valence-corrected chi connectivity index (χ1v) is 8.91. The number of ether oxygens (including phenoxy) is 2. The molecular weight excluding hydrogens is 333 g/mol. The normalized spacial score (nSPS) is 17.2.